The summed E-state index contributed by atoms with van der Waals surface area (Å²) in [6.45, 7) is 0. The zero-order valence-corrected chi connectivity index (χ0v) is 13.8. The Bertz CT molecular complexity index is 662. The molecule has 2 aromatic rings. The predicted molar refractivity (Wildman–Crippen MR) is 87.8 cm³/mol. The molecule has 5 nitrogen and oxygen atoms in total. The van der Waals surface area contributed by atoms with E-state index in [0.29, 0.717) is 14.7 Å². The number of benzene rings is 1. The van der Waals surface area contributed by atoms with Crippen LogP contribution in [-0.2, 0) is 0 Å². The number of pyridine rings is 1. The molecule has 2 N–H and O–H groups in total. The Hall–Kier alpha value is -1.48. The number of hydrazone groups is 1. The quantitative estimate of drug-likeness (QED) is 0.433. The van der Waals surface area contributed by atoms with Crippen LogP contribution in [0.3, 0.4) is 0 Å². The number of carbonyl (C=O) groups is 1. The van der Waals surface area contributed by atoms with Crippen LogP contribution in [0, 0.1) is 3.57 Å². The van der Waals surface area contributed by atoms with Crippen LogP contribution in [0.25, 0.3) is 0 Å². The Morgan fingerprint density at radius 1 is 1.50 bits per heavy atom. The molecule has 7 heteroatoms. The first-order valence-electron chi connectivity index (χ1n) is 5.49. The number of aromatic hydroxyl groups is 1. The minimum Gasteiger partial charge on any atom is -0.506 e. The van der Waals surface area contributed by atoms with Crippen LogP contribution >= 0.6 is 38.5 Å². The summed E-state index contributed by atoms with van der Waals surface area (Å²) in [6, 6.07) is 6.79. The van der Waals surface area contributed by atoms with E-state index in [2.05, 4.69) is 31.4 Å². The highest BCUT2D eigenvalue weighted by Crippen LogP contribution is 2.27. The van der Waals surface area contributed by atoms with Gasteiger partial charge in [-0.05, 0) is 46.9 Å². The van der Waals surface area contributed by atoms with Crippen LogP contribution in [0.15, 0.2) is 46.2 Å². The normalized spacial score (nSPS) is 10.7. The Morgan fingerprint density at radius 2 is 2.30 bits per heavy atom. The van der Waals surface area contributed by atoms with Crippen molar-refractivity contribution in [3.8, 4) is 5.75 Å². The molecule has 0 aliphatic heterocycles. The summed E-state index contributed by atoms with van der Waals surface area (Å²) < 4.78 is 1.51. The second kappa shape index (κ2) is 6.80. The maximum absolute atomic E-state index is 11.7. The van der Waals surface area contributed by atoms with E-state index < -0.39 is 0 Å². The molecule has 0 aliphatic carbocycles. The summed E-state index contributed by atoms with van der Waals surface area (Å²) in [5, 5.41) is 13.7. The van der Waals surface area contributed by atoms with Crippen molar-refractivity contribution in [3.05, 3.63) is 55.8 Å². The molecule has 0 saturated heterocycles. The standard InChI is InChI=1S/C13H9BrIN3O2/c14-10-4-9(12(19)11(15)5-10)7-17-18-13(20)8-2-1-3-16-6-8/h1-7,19H,(H,18,20)/b17-7-. The molecular formula is C13H9BrIN3O2. The van der Waals surface area contributed by atoms with Gasteiger partial charge < -0.3 is 5.11 Å². The van der Waals surface area contributed by atoms with E-state index in [1.54, 1.807) is 30.5 Å². The number of hydrogen-bond donors (Lipinski definition) is 2. The third-order valence-electron chi connectivity index (χ3n) is 2.35. The molecule has 0 unspecified atom stereocenters. The molecule has 2 rings (SSSR count). The predicted octanol–water partition coefficient (Wildman–Crippen LogP) is 2.92. The maximum atomic E-state index is 11.7. The topological polar surface area (TPSA) is 74.6 Å². The average molecular weight is 446 g/mol. The first kappa shape index (κ1) is 14.9. The monoisotopic (exact) mass is 445 g/mol. The number of phenols is 1. The van der Waals surface area contributed by atoms with E-state index in [0.717, 1.165) is 4.47 Å². The van der Waals surface area contributed by atoms with Crippen molar-refractivity contribution in [2.24, 2.45) is 5.10 Å². The third kappa shape index (κ3) is 3.76. The van der Waals surface area contributed by atoms with Crippen molar-refractivity contribution in [3.63, 3.8) is 0 Å². The maximum Gasteiger partial charge on any atom is 0.272 e. The molecular weight excluding hydrogens is 437 g/mol. The molecule has 20 heavy (non-hydrogen) atoms. The van der Waals surface area contributed by atoms with Gasteiger partial charge in [0.1, 0.15) is 5.75 Å². The van der Waals surface area contributed by atoms with E-state index in [4.69, 9.17) is 0 Å². The van der Waals surface area contributed by atoms with Crippen molar-refractivity contribution in [2.45, 2.75) is 0 Å². The van der Waals surface area contributed by atoms with Crippen molar-refractivity contribution < 1.29 is 9.90 Å². The van der Waals surface area contributed by atoms with Crippen LogP contribution in [0.5, 0.6) is 5.75 Å². The minimum atomic E-state index is -0.362. The van der Waals surface area contributed by atoms with Crippen molar-refractivity contribution in [2.75, 3.05) is 0 Å². The van der Waals surface area contributed by atoms with Crippen molar-refractivity contribution >= 4 is 50.6 Å². The van der Waals surface area contributed by atoms with Crippen LogP contribution in [0.2, 0.25) is 0 Å². The number of nitrogens with one attached hydrogen (secondary N) is 1. The molecule has 1 heterocycles. The van der Waals surface area contributed by atoms with Crippen LogP contribution in [-0.4, -0.2) is 22.2 Å². The SMILES string of the molecule is O=C(N/N=C\c1cc(Br)cc(I)c1O)c1cccnc1. The number of hydrogen-bond acceptors (Lipinski definition) is 4. The molecule has 0 aliphatic rings. The Kier molecular flexibility index (Phi) is 5.07. The highest BCUT2D eigenvalue weighted by Gasteiger charge is 2.06. The number of carbonyl (C=O) groups excluding carboxylic acids is 1. The van der Waals surface area contributed by atoms with Gasteiger partial charge in [-0.15, -0.1) is 0 Å². The fourth-order valence-electron chi connectivity index (χ4n) is 1.41. The van der Waals surface area contributed by atoms with E-state index in [1.165, 1.54) is 12.4 Å². The highest BCUT2D eigenvalue weighted by atomic mass is 127. The van der Waals surface area contributed by atoms with Gasteiger partial charge in [-0.3, -0.25) is 9.78 Å². The number of aromatic nitrogens is 1. The molecule has 1 aromatic carbocycles. The molecule has 0 fully saturated rings. The largest absolute Gasteiger partial charge is 0.506 e. The molecule has 0 radical (unpaired) electrons. The molecule has 0 saturated carbocycles. The molecule has 0 spiro atoms. The Labute approximate surface area is 137 Å². The molecule has 1 aromatic heterocycles. The molecule has 0 bridgehead atoms. The zero-order valence-electron chi connectivity index (χ0n) is 10.0. The smallest absolute Gasteiger partial charge is 0.272 e. The number of phenolic OH excluding ortho intramolecular Hbond substituents is 1. The van der Waals surface area contributed by atoms with Crippen LogP contribution in [0.1, 0.15) is 15.9 Å². The van der Waals surface area contributed by atoms with Gasteiger partial charge in [0.25, 0.3) is 5.91 Å². The summed E-state index contributed by atoms with van der Waals surface area (Å²) in [7, 11) is 0. The first-order chi connectivity index (χ1) is 9.58. The van der Waals surface area contributed by atoms with Gasteiger partial charge >= 0.3 is 0 Å². The van der Waals surface area contributed by atoms with Gasteiger partial charge in [0.15, 0.2) is 0 Å². The summed E-state index contributed by atoms with van der Waals surface area (Å²) in [5.41, 5.74) is 3.30. The van der Waals surface area contributed by atoms with Crippen molar-refractivity contribution in [1.29, 1.82) is 0 Å². The van der Waals surface area contributed by atoms with Gasteiger partial charge in [0.2, 0.25) is 0 Å². The lowest BCUT2D eigenvalue weighted by molar-refractivity contribution is 0.0954. The van der Waals surface area contributed by atoms with Crippen LogP contribution < -0.4 is 5.43 Å². The van der Waals surface area contributed by atoms with Crippen molar-refractivity contribution in [1.82, 2.24) is 10.4 Å². The highest BCUT2D eigenvalue weighted by molar-refractivity contribution is 14.1. The molecule has 1 amide bonds. The fourth-order valence-corrected chi connectivity index (χ4v) is 2.96. The van der Waals surface area contributed by atoms with Gasteiger partial charge in [0.05, 0.1) is 15.3 Å². The summed E-state index contributed by atoms with van der Waals surface area (Å²) in [6.07, 6.45) is 4.42. The average Bonchev–Trinajstić information content (AvgIpc) is 2.44. The summed E-state index contributed by atoms with van der Waals surface area (Å²) in [4.78, 5) is 15.6. The number of halogens is 2. The number of amides is 1. The van der Waals surface area contributed by atoms with E-state index >= 15 is 0 Å². The zero-order chi connectivity index (χ0) is 14.5. The minimum absolute atomic E-state index is 0.119. The lowest BCUT2D eigenvalue weighted by atomic mass is 10.2. The van der Waals surface area contributed by atoms with E-state index in [9.17, 15) is 9.90 Å². The lowest BCUT2D eigenvalue weighted by Gasteiger charge is -2.03. The summed E-state index contributed by atoms with van der Waals surface area (Å²) >= 11 is 5.34. The van der Waals surface area contributed by atoms with E-state index in [-0.39, 0.29) is 11.7 Å². The second-order valence-electron chi connectivity index (χ2n) is 3.77. The van der Waals surface area contributed by atoms with Gasteiger partial charge in [0, 0.05) is 22.4 Å². The number of rotatable bonds is 3. The van der Waals surface area contributed by atoms with Gasteiger partial charge in [-0.25, -0.2) is 5.43 Å². The Morgan fingerprint density at radius 3 is 3.00 bits per heavy atom. The second-order valence-corrected chi connectivity index (χ2v) is 5.84. The van der Waals surface area contributed by atoms with Gasteiger partial charge in [-0.1, -0.05) is 15.9 Å². The lowest BCUT2D eigenvalue weighted by Crippen LogP contribution is -2.17. The third-order valence-corrected chi connectivity index (χ3v) is 3.63. The fraction of sp³-hybridized carbons (Fsp3) is 0. The first-order valence-corrected chi connectivity index (χ1v) is 7.36. The van der Waals surface area contributed by atoms with Crippen LogP contribution in [0.4, 0.5) is 0 Å². The Balaban J connectivity index is 2.10. The summed E-state index contributed by atoms with van der Waals surface area (Å²) in [5.74, 6) is -0.244. The van der Waals surface area contributed by atoms with Gasteiger partial charge in [-0.2, -0.15) is 5.10 Å². The molecule has 102 valence electrons. The molecule has 0 atom stereocenters. The van der Waals surface area contributed by atoms with E-state index in [1.807, 2.05) is 22.6 Å². The number of nitrogens with zero attached hydrogens (tertiary/aromatic N) is 2.